The molecule has 0 aliphatic heterocycles. The molecule has 0 aliphatic carbocycles. The van der Waals surface area contributed by atoms with E-state index >= 15 is 0 Å². The van der Waals surface area contributed by atoms with Crippen molar-refractivity contribution in [1.82, 2.24) is 4.90 Å². The molecule has 1 amide bonds. The molecule has 0 radical (unpaired) electrons. The Morgan fingerprint density at radius 1 is 1.20 bits per heavy atom. The average molecular weight is 276 g/mol. The van der Waals surface area contributed by atoms with E-state index in [1.807, 2.05) is 30.0 Å². The minimum Gasteiger partial charge on any atom is -0.338 e. The van der Waals surface area contributed by atoms with Crippen LogP contribution in [-0.2, 0) is 11.2 Å². The predicted molar refractivity (Wildman–Crippen MR) is 84.5 cm³/mol. The first-order chi connectivity index (χ1) is 9.63. The first-order valence-corrected chi connectivity index (χ1v) is 7.73. The molecule has 0 aliphatic rings. The van der Waals surface area contributed by atoms with E-state index in [2.05, 4.69) is 26.0 Å². The summed E-state index contributed by atoms with van der Waals surface area (Å²) in [5.41, 5.74) is 7.27. The monoisotopic (exact) mass is 276 g/mol. The normalized spacial score (nSPS) is 13.8. The van der Waals surface area contributed by atoms with Gasteiger partial charge < -0.3 is 10.6 Å². The van der Waals surface area contributed by atoms with Crippen LogP contribution in [0, 0.1) is 0 Å². The quantitative estimate of drug-likeness (QED) is 0.793. The zero-order valence-corrected chi connectivity index (χ0v) is 13.0. The SMILES string of the molecule is CCCC(N)C(=O)N(CC)C(CC)Cc1ccccc1. The zero-order chi connectivity index (χ0) is 15.0. The summed E-state index contributed by atoms with van der Waals surface area (Å²) in [7, 11) is 0. The maximum Gasteiger partial charge on any atom is 0.239 e. The van der Waals surface area contributed by atoms with Gasteiger partial charge in [-0.05, 0) is 31.7 Å². The van der Waals surface area contributed by atoms with Crippen LogP contribution in [0.25, 0.3) is 0 Å². The van der Waals surface area contributed by atoms with Gasteiger partial charge in [0.15, 0.2) is 0 Å². The fraction of sp³-hybridized carbons (Fsp3) is 0.588. The number of rotatable bonds is 8. The second-order valence-electron chi connectivity index (χ2n) is 5.27. The third-order valence-electron chi connectivity index (χ3n) is 3.77. The Kier molecular flexibility index (Phi) is 7.31. The topological polar surface area (TPSA) is 46.3 Å². The lowest BCUT2D eigenvalue weighted by Gasteiger charge is -2.32. The Hall–Kier alpha value is -1.35. The van der Waals surface area contributed by atoms with E-state index in [0.29, 0.717) is 0 Å². The van der Waals surface area contributed by atoms with Crippen LogP contribution >= 0.6 is 0 Å². The Balaban J connectivity index is 2.76. The fourth-order valence-corrected chi connectivity index (χ4v) is 2.60. The van der Waals surface area contributed by atoms with Crippen molar-refractivity contribution in [2.24, 2.45) is 5.73 Å². The van der Waals surface area contributed by atoms with Crippen LogP contribution in [-0.4, -0.2) is 29.4 Å². The fourth-order valence-electron chi connectivity index (χ4n) is 2.60. The van der Waals surface area contributed by atoms with Crippen molar-refractivity contribution in [1.29, 1.82) is 0 Å². The van der Waals surface area contributed by atoms with Crippen LogP contribution in [0.5, 0.6) is 0 Å². The number of hydrogen-bond donors (Lipinski definition) is 1. The van der Waals surface area contributed by atoms with E-state index in [0.717, 1.165) is 32.2 Å². The maximum atomic E-state index is 12.5. The highest BCUT2D eigenvalue weighted by molar-refractivity contribution is 5.81. The number of hydrogen-bond acceptors (Lipinski definition) is 2. The summed E-state index contributed by atoms with van der Waals surface area (Å²) < 4.78 is 0. The summed E-state index contributed by atoms with van der Waals surface area (Å²) in [4.78, 5) is 14.4. The van der Waals surface area contributed by atoms with Crippen LogP contribution in [0.15, 0.2) is 30.3 Å². The molecule has 0 heterocycles. The molecule has 0 fully saturated rings. The molecule has 0 spiro atoms. The molecule has 20 heavy (non-hydrogen) atoms. The largest absolute Gasteiger partial charge is 0.338 e. The number of carbonyl (C=O) groups excluding carboxylic acids is 1. The summed E-state index contributed by atoms with van der Waals surface area (Å²) >= 11 is 0. The van der Waals surface area contributed by atoms with Crippen LogP contribution < -0.4 is 5.73 Å². The first-order valence-electron chi connectivity index (χ1n) is 7.73. The standard InChI is InChI=1S/C17H28N2O/c1-4-10-16(18)17(20)19(6-3)15(5-2)13-14-11-8-7-9-12-14/h7-9,11-12,15-16H,4-6,10,13,18H2,1-3H3. The van der Waals surface area contributed by atoms with Gasteiger partial charge in [-0.15, -0.1) is 0 Å². The van der Waals surface area contributed by atoms with E-state index in [-0.39, 0.29) is 18.0 Å². The Morgan fingerprint density at radius 2 is 1.85 bits per heavy atom. The number of amides is 1. The molecule has 3 heteroatoms. The van der Waals surface area contributed by atoms with Crippen molar-refractivity contribution in [3.63, 3.8) is 0 Å². The van der Waals surface area contributed by atoms with E-state index in [1.54, 1.807) is 0 Å². The Bertz CT molecular complexity index is 391. The Labute approximate surface area is 123 Å². The highest BCUT2D eigenvalue weighted by Crippen LogP contribution is 2.14. The molecular weight excluding hydrogens is 248 g/mol. The molecule has 1 aromatic rings. The highest BCUT2D eigenvalue weighted by Gasteiger charge is 2.25. The Morgan fingerprint density at radius 3 is 2.35 bits per heavy atom. The van der Waals surface area contributed by atoms with Crippen LogP contribution in [0.1, 0.15) is 45.6 Å². The van der Waals surface area contributed by atoms with Gasteiger partial charge >= 0.3 is 0 Å². The van der Waals surface area contributed by atoms with Crippen LogP contribution in [0.2, 0.25) is 0 Å². The lowest BCUT2D eigenvalue weighted by molar-refractivity contribution is -0.135. The van der Waals surface area contributed by atoms with Crippen molar-refractivity contribution in [3.05, 3.63) is 35.9 Å². The molecule has 0 bridgehead atoms. The van der Waals surface area contributed by atoms with Gasteiger partial charge in [0.1, 0.15) is 0 Å². The third-order valence-corrected chi connectivity index (χ3v) is 3.77. The van der Waals surface area contributed by atoms with Gasteiger partial charge in [0.05, 0.1) is 6.04 Å². The van der Waals surface area contributed by atoms with E-state index < -0.39 is 0 Å². The maximum absolute atomic E-state index is 12.5. The smallest absolute Gasteiger partial charge is 0.239 e. The van der Waals surface area contributed by atoms with Gasteiger partial charge in [0, 0.05) is 12.6 Å². The molecule has 3 nitrogen and oxygen atoms in total. The van der Waals surface area contributed by atoms with E-state index in [9.17, 15) is 4.79 Å². The van der Waals surface area contributed by atoms with Gasteiger partial charge in [0.2, 0.25) is 5.91 Å². The summed E-state index contributed by atoms with van der Waals surface area (Å²) in [5.74, 6) is 0.0946. The summed E-state index contributed by atoms with van der Waals surface area (Å²) in [5, 5.41) is 0. The molecule has 2 N–H and O–H groups in total. The molecule has 2 unspecified atom stereocenters. The number of nitrogens with zero attached hydrogens (tertiary/aromatic N) is 1. The van der Waals surface area contributed by atoms with Gasteiger partial charge in [-0.1, -0.05) is 50.6 Å². The van der Waals surface area contributed by atoms with Crippen molar-refractivity contribution in [2.45, 2.75) is 58.5 Å². The lowest BCUT2D eigenvalue weighted by atomic mass is 10.0. The van der Waals surface area contributed by atoms with Crippen molar-refractivity contribution >= 4 is 5.91 Å². The van der Waals surface area contributed by atoms with Crippen molar-refractivity contribution in [2.75, 3.05) is 6.54 Å². The number of benzene rings is 1. The van der Waals surface area contributed by atoms with E-state index in [4.69, 9.17) is 5.73 Å². The summed E-state index contributed by atoms with van der Waals surface area (Å²) in [6.45, 7) is 6.95. The molecule has 0 saturated carbocycles. The molecule has 0 saturated heterocycles. The van der Waals surface area contributed by atoms with Crippen molar-refractivity contribution < 1.29 is 4.79 Å². The summed E-state index contributed by atoms with van der Waals surface area (Å²) in [6, 6.07) is 10.2. The number of carbonyl (C=O) groups is 1. The predicted octanol–water partition coefficient (Wildman–Crippen LogP) is 2.98. The first kappa shape index (κ1) is 16.7. The van der Waals surface area contributed by atoms with Gasteiger partial charge in [-0.3, -0.25) is 4.79 Å². The molecular formula is C17H28N2O. The second kappa shape index (κ2) is 8.75. The van der Waals surface area contributed by atoms with Crippen LogP contribution in [0.3, 0.4) is 0 Å². The molecule has 2 atom stereocenters. The molecule has 112 valence electrons. The summed E-state index contributed by atoms with van der Waals surface area (Å²) in [6.07, 6.45) is 3.56. The molecule has 1 rings (SSSR count). The lowest BCUT2D eigenvalue weighted by Crippen LogP contribution is -2.49. The van der Waals surface area contributed by atoms with Gasteiger partial charge in [-0.25, -0.2) is 0 Å². The second-order valence-corrected chi connectivity index (χ2v) is 5.27. The van der Waals surface area contributed by atoms with Gasteiger partial charge in [0.25, 0.3) is 0 Å². The van der Waals surface area contributed by atoms with Gasteiger partial charge in [-0.2, -0.15) is 0 Å². The van der Waals surface area contributed by atoms with E-state index in [1.165, 1.54) is 5.56 Å². The average Bonchev–Trinajstić information content (AvgIpc) is 2.48. The zero-order valence-electron chi connectivity index (χ0n) is 13.0. The highest BCUT2D eigenvalue weighted by atomic mass is 16.2. The van der Waals surface area contributed by atoms with Crippen LogP contribution in [0.4, 0.5) is 0 Å². The minimum absolute atomic E-state index is 0.0946. The molecule has 0 aromatic heterocycles. The number of nitrogens with two attached hydrogens (primary N) is 1. The number of likely N-dealkylation sites (N-methyl/N-ethyl adjacent to an activating group) is 1. The van der Waals surface area contributed by atoms with Crippen molar-refractivity contribution in [3.8, 4) is 0 Å². The molecule has 1 aromatic carbocycles. The third kappa shape index (κ3) is 4.64. The minimum atomic E-state index is -0.357.